The van der Waals surface area contributed by atoms with Crippen LogP contribution >= 0.6 is 0 Å². The van der Waals surface area contributed by atoms with Crippen LogP contribution in [-0.4, -0.2) is 23.7 Å². The smallest absolute Gasteiger partial charge is 0.226 e. The van der Waals surface area contributed by atoms with Crippen molar-refractivity contribution >= 4 is 11.7 Å². The zero-order valence-corrected chi connectivity index (χ0v) is 10.0. The van der Waals surface area contributed by atoms with Gasteiger partial charge in [-0.2, -0.15) is 0 Å². The molecule has 0 aliphatic rings. The van der Waals surface area contributed by atoms with E-state index in [9.17, 15) is 4.79 Å². The summed E-state index contributed by atoms with van der Waals surface area (Å²) >= 11 is 0. The predicted octanol–water partition coefficient (Wildman–Crippen LogP) is 1.70. The van der Waals surface area contributed by atoms with Gasteiger partial charge in [-0.25, -0.2) is 0 Å². The maximum atomic E-state index is 11.5. The van der Waals surface area contributed by atoms with Crippen LogP contribution in [0.15, 0.2) is 10.6 Å². The number of carbonyl (C=O) groups is 1. The Morgan fingerprint density at radius 2 is 2.38 bits per heavy atom. The molecule has 0 radical (unpaired) electrons. The van der Waals surface area contributed by atoms with Gasteiger partial charge in [-0.05, 0) is 20.3 Å². The van der Waals surface area contributed by atoms with E-state index >= 15 is 0 Å². The van der Waals surface area contributed by atoms with Crippen molar-refractivity contribution in [3.63, 3.8) is 0 Å². The lowest BCUT2D eigenvalue weighted by atomic mass is 10.2. The average molecular weight is 225 g/mol. The third-order valence-electron chi connectivity index (χ3n) is 2.35. The first-order chi connectivity index (χ1) is 7.61. The molecule has 5 nitrogen and oxygen atoms in total. The zero-order chi connectivity index (χ0) is 12.0. The monoisotopic (exact) mass is 225 g/mol. The van der Waals surface area contributed by atoms with Gasteiger partial charge in [0.25, 0.3) is 0 Å². The van der Waals surface area contributed by atoms with Crippen LogP contribution in [-0.2, 0) is 4.79 Å². The summed E-state index contributed by atoms with van der Waals surface area (Å²) in [6.07, 6.45) is 1.50. The van der Waals surface area contributed by atoms with Crippen LogP contribution < -0.4 is 10.6 Å². The fourth-order valence-electron chi connectivity index (χ4n) is 1.21. The molecule has 1 unspecified atom stereocenters. The number of nitrogens with zero attached hydrogens (tertiary/aromatic N) is 1. The van der Waals surface area contributed by atoms with Crippen molar-refractivity contribution in [1.82, 2.24) is 10.5 Å². The maximum absolute atomic E-state index is 11.5. The van der Waals surface area contributed by atoms with Crippen LogP contribution in [0.2, 0.25) is 0 Å². The maximum Gasteiger partial charge on any atom is 0.226 e. The molecule has 1 rings (SSSR count). The Bertz CT molecular complexity index is 336. The molecule has 1 aromatic rings. The zero-order valence-electron chi connectivity index (χ0n) is 10.0. The van der Waals surface area contributed by atoms with Crippen molar-refractivity contribution < 1.29 is 9.32 Å². The van der Waals surface area contributed by atoms with Crippen LogP contribution in [0.1, 0.15) is 32.4 Å². The van der Waals surface area contributed by atoms with Gasteiger partial charge in [0.15, 0.2) is 5.82 Å². The van der Waals surface area contributed by atoms with Gasteiger partial charge in [-0.15, -0.1) is 0 Å². The SMILES string of the molecule is CCC(C)NCCC(=O)Nc1cc(C)on1. The first-order valence-corrected chi connectivity index (χ1v) is 5.58. The number of aromatic nitrogens is 1. The molecule has 1 amide bonds. The number of nitrogens with one attached hydrogen (secondary N) is 2. The highest BCUT2D eigenvalue weighted by Crippen LogP contribution is 2.06. The molecule has 0 saturated carbocycles. The Morgan fingerprint density at radius 1 is 1.62 bits per heavy atom. The minimum absolute atomic E-state index is 0.0518. The number of hydrogen-bond acceptors (Lipinski definition) is 4. The summed E-state index contributed by atoms with van der Waals surface area (Å²) in [6, 6.07) is 2.14. The molecular weight excluding hydrogens is 206 g/mol. The minimum atomic E-state index is -0.0518. The first kappa shape index (κ1) is 12.7. The molecule has 1 heterocycles. The predicted molar refractivity (Wildman–Crippen MR) is 62.2 cm³/mol. The Morgan fingerprint density at radius 3 is 2.94 bits per heavy atom. The van der Waals surface area contributed by atoms with E-state index in [-0.39, 0.29) is 5.91 Å². The third-order valence-corrected chi connectivity index (χ3v) is 2.35. The molecular formula is C11H19N3O2. The number of aryl methyl sites for hydroxylation is 1. The van der Waals surface area contributed by atoms with E-state index in [1.54, 1.807) is 13.0 Å². The van der Waals surface area contributed by atoms with Crippen LogP contribution in [0.3, 0.4) is 0 Å². The summed E-state index contributed by atoms with van der Waals surface area (Å²) in [4.78, 5) is 11.5. The third kappa shape index (κ3) is 4.44. The molecule has 0 spiro atoms. The lowest BCUT2D eigenvalue weighted by molar-refractivity contribution is -0.116. The van der Waals surface area contributed by atoms with E-state index in [1.807, 2.05) is 0 Å². The fraction of sp³-hybridized carbons (Fsp3) is 0.636. The van der Waals surface area contributed by atoms with Gasteiger partial charge >= 0.3 is 0 Å². The minimum Gasteiger partial charge on any atom is -0.360 e. The van der Waals surface area contributed by atoms with Gasteiger partial charge < -0.3 is 15.2 Å². The fourth-order valence-corrected chi connectivity index (χ4v) is 1.21. The molecule has 1 aromatic heterocycles. The van der Waals surface area contributed by atoms with Gasteiger partial charge in [0, 0.05) is 25.1 Å². The van der Waals surface area contributed by atoms with Crippen molar-refractivity contribution in [1.29, 1.82) is 0 Å². The van der Waals surface area contributed by atoms with Crippen LogP contribution in [0.5, 0.6) is 0 Å². The number of hydrogen-bond donors (Lipinski definition) is 2. The second-order valence-corrected chi connectivity index (χ2v) is 3.88. The van der Waals surface area contributed by atoms with E-state index in [0.29, 0.717) is 30.6 Å². The molecule has 16 heavy (non-hydrogen) atoms. The normalized spacial score (nSPS) is 12.4. The highest BCUT2D eigenvalue weighted by molar-refractivity contribution is 5.89. The topological polar surface area (TPSA) is 67.2 Å². The van der Waals surface area contributed by atoms with Gasteiger partial charge in [0.1, 0.15) is 5.76 Å². The quantitative estimate of drug-likeness (QED) is 0.773. The molecule has 0 aliphatic carbocycles. The van der Waals surface area contributed by atoms with E-state index < -0.39 is 0 Å². The molecule has 1 atom stereocenters. The number of carbonyl (C=O) groups excluding carboxylic acids is 1. The van der Waals surface area contributed by atoms with Gasteiger partial charge in [0.05, 0.1) is 0 Å². The van der Waals surface area contributed by atoms with E-state index in [4.69, 9.17) is 4.52 Å². The van der Waals surface area contributed by atoms with Crippen molar-refractivity contribution in [2.75, 3.05) is 11.9 Å². The lowest BCUT2D eigenvalue weighted by Gasteiger charge is -2.10. The Labute approximate surface area is 95.6 Å². The summed E-state index contributed by atoms with van der Waals surface area (Å²) in [5.41, 5.74) is 0. The van der Waals surface area contributed by atoms with Gasteiger partial charge in [-0.3, -0.25) is 4.79 Å². The molecule has 0 aromatic carbocycles. The van der Waals surface area contributed by atoms with E-state index in [0.717, 1.165) is 6.42 Å². The highest BCUT2D eigenvalue weighted by Gasteiger charge is 2.06. The second-order valence-electron chi connectivity index (χ2n) is 3.88. The summed E-state index contributed by atoms with van der Waals surface area (Å²) in [7, 11) is 0. The van der Waals surface area contributed by atoms with Crippen LogP contribution in [0.25, 0.3) is 0 Å². The molecule has 0 aliphatic heterocycles. The van der Waals surface area contributed by atoms with Crippen molar-refractivity contribution in [2.24, 2.45) is 0 Å². The molecule has 0 saturated heterocycles. The van der Waals surface area contributed by atoms with Crippen molar-refractivity contribution in [3.05, 3.63) is 11.8 Å². The Kier molecular flexibility index (Phi) is 4.98. The van der Waals surface area contributed by atoms with Crippen LogP contribution in [0.4, 0.5) is 5.82 Å². The standard InChI is InChI=1S/C11H19N3O2/c1-4-8(2)12-6-5-11(15)13-10-7-9(3)16-14-10/h7-8,12H,4-6H2,1-3H3,(H,13,14,15). The summed E-state index contributed by atoms with van der Waals surface area (Å²) in [5.74, 6) is 1.11. The van der Waals surface area contributed by atoms with Gasteiger partial charge in [0.2, 0.25) is 5.91 Å². The Hall–Kier alpha value is -1.36. The Balaban J connectivity index is 2.21. The molecule has 90 valence electrons. The second kappa shape index (κ2) is 6.27. The van der Waals surface area contributed by atoms with Crippen molar-refractivity contribution in [3.8, 4) is 0 Å². The van der Waals surface area contributed by atoms with Crippen molar-refractivity contribution in [2.45, 2.75) is 39.7 Å². The largest absolute Gasteiger partial charge is 0.360 e. The molecule has 0 bridgehead atoms. The molecule has 0 fully saturated rings. The van der Waals surface area contributed by atoms with Crippen LogP contribution in [0, 0.1) is 6.92 Å². The summed E-state index contributed by atoms with van der Waals surface area (Å²) in [5, 5.41) is 9.61. The molecule has 5 heteroatoms. The number of amides is 1. The van der Waals surface area contributed by atoms with E-state index in [2.05, 4.69) is 29.6 Å². The first-order valence-electron chi connectivity index (χ1n) is 5.58. The number of rotatable bonds is 6. The summed E-state index contributed by atoms with van der Waals surface area (Å²) < 4.78 is 4.85. The number of anilines is 1. The average Bonchev–Trinajstić information content (AvgIpc) is 2.63. The highest BCUT2D eigenvalue weighted by atomic mass is 16.5. The van der Waals surface area contributed by atoms with Gasteiger partial charge in [-0.1, -0.05) is 12.1 Å². The lowest BCUT2D eigenvalue weighted by Crippen LogP contribution is -2.28. The summed E-state index contributed by atoms with van der Waals surface area (Å²) in [6.45, 7) is 6.67. The van der Waals surface area contributed by atoms with E-state index in [1.165, 1.54) is 0 Å². The molecule has 2 N–H and O–H groups in total.